The summed E-state index contributed by atoms with van der Waals surface area (Å²) in [5, 5.41) is 0. The first kappa shape index (κ1) is 17.8. The van der Waals surface area contributed by atoms with Crippen LogP contribution in [-0.4, -0.2) is 12.4 Å². The standard InChI is InChI=1S/C9H6Br.C4H10N.4CH3.H2Si.Zr/c10-9-5-7-3-1-2-4-8(7)6-9;1-4(2,3)5;;;;;;/h1-6H;5H,1-3H3;4*1H3;1H2;/q;-1;;;;;;+1. The number of rotatable bonds is 2. The van der Waals surface area contributed by atoms with Crippen LogP contribution in [0.2, 0.25) is 18.5 Å². The Labute approximate surface area is 134 Å². The van der Waals surface area contributed by atoms with Crippen molar-refractivity contribution in [3.05, 3.63) is 39.9 Å². The van der Waals surface area contributed by atoms with Crippen molar-refractivity contribution in [3.63, 3.8) is 0 Å². The molecule has 118 valence electrons. The van der Waals surface area contributed by atoms with Gasteiger partial charge in [0, 0.05) is 0 Å². The molecule has 2 rings (SSSR count). The number of hydrogen-bond acceptors (Lipinski definition) is 1. The zero-order valence-corrected chi connectivity index (χ0v) is 20.0. The molecule has 0 saturated carbocycles. The monoisotopic (exact) mass is 445 g/mol. The van der Waals surface area contributed by atoms with E-state index in [1.807, 2.05) is 0 Å². The van der Waals surface area contributed by atoms with Gasteiger partial charge in [-0.1, -0.05) is 0 Å². The molecule has 0 aromatic heterocycles. The van der Waals surface area contributed by atoms with E-state index in [-0.39, 0.29) is 5.54 Å². The van der Waals surface area contributed by atoms with Crippen LogP contribution in [0.1, 0.15) is 35.5 Å². The zero-order valence-electron chi connectivity index (χ0n) is 14.5. The summed E-state index contributed by atoms with van der Waals surface area (Å²) in [6, 6.07) is 8.83. The van der Waals surface area contributed by atoms with Crippen molar-refractivity contribution < 1.29 is 14.7 Å². The van der Waals surface area contributed by atoms with Crippen LogP contribution in [0.4, 0.5) is 0 Å². The molecule has 1 aromatic rings. The van der Waals surface area contributed by atoms with E-state index in [2.05, 4.69) is 95.7 Å². The zero-order chi connectivity index (χ0) is 16.4. The van der Waals surface area contributed by atoms with E-state index in [0.717, 1.165) is 0 Å². The molecule has 0 bridgehead atoms. The van der Waals surface area contributed by atoms with E-state index in [1.54, 1.807) is 0 Å². The molecule has 1 unspecified atom stereocenters. The van der Waals surface area contributed by atoms with E-state index in [9.17, 15) is 0 Å². The Morgan fingerprint density at radius 2 is 1.62 bits per heavy atom. The molecule has 0 aliphatic heterocycles. The molecule has 1 aliphatic rings. The number of nitrogens with one attached hydrogen (secondary N) is 1. The van der Waals surface area contributed by atoms with Gasteiger partial charge in [0.05, 0.1) is 0 Å². The summed E-state index contributed by atoms with van der Waals surface area (Å²) in [6.07, 6.45) is 2.31. The molecule has 1 aliphatic carbocycles. The second kappa shape index (κ2) is 3.77. The fourth-order valence-electron chi connectivity index (χ4n) is 4.87. The summed E-state index contributed by atoms with van der Waals surface area (Å²) >= 11 is -0.298. The third-order valence-corrected chi connectivity index (χ3v) is 23.6. The van der Waals surface area contributed by atoms with Crippen molar-refractivity contribution in [3.8, 4) is 0 Å². The second-order valence-electron chi connectivity index (χ2n) is 12.1. The van der Waals surface area contributed by atoms with Crippen molar-refractivity contribution in [2.75, 3.05) is 0 Å². The fraction of sp³-hybridized carbons (Fsp3) is 0.529. The van der Waals surface area contributed by atoms with Gasteiger partial charge in [-0.05, 0) is 0 Å². The van der Waals surface area contributed by atoms with Gasteiger partial charge in [-0.2, -0.15) is 0 Å². The summed E-state index contributed by atoms with van der Waals surface area (Å²) < 4.78 is 16.1. The van der Waals surface area contributed by atoms with Crippen molar-refractivity contribution >= 4 is 28.9 Å². The average molecular weight is 448 g/mol. The minimum atomic E-state index is -4.21. The van der Waals surface area contributed by atoms with Crippen LogP contribution in [0.3, 0.4) is 0 Å². The quantitative estimate of drug-likeness (QED) is 0.608. The van der Waals surface area contributed by atoms with Crippen molar-refractivity contribution in [2.45, 2.75) is 48.5 Å². The maximum absolute atomic E-state index is 4.21. The van der Waals surface area contributed by atoms with Crippen molar-refractivity contribution in [1.29, 1.82) is 0 Å². The number of benzene rings is 1. The molecule has 0 heterocycles. The first-order valence-electron chi connectivity index (χ1n) is 7.81. The molecular weight excluding hydrogens is 417 g/mol. The summed E-state index contributed by atoms with van der Waals surface area (Å²) in [4.78, 5) is 0. The predicted molar refractivity (Wildman–Crippen MR) is 101 cm³/mol. The molecule has 0 fully saturated rings. The van der Waals surface area contributed by atoms with Gasteiger partial charge in [0.2, 0.25) is 0 Å². The third kappa shape index (κ3) is 3.54. The number of allylic oxidation sites excluding steroid dienone is 1. The molecule has 21 heavy (non-hydrogen) atoms. The second-order valence-corrected chi connectivity index (χ2v) is 71.1. The van der Waals surface area contributed by atoms with Crippen LogP contribution in [-0.2, 0) is 14.7 Å². The van der Waals surface area contributed by atoms with Gasteiger partial charge in [0.25, 0.3) is 0 Å². The molecule has 1 N–H and O–H groups in total. The van der Waals surface area contributed by atoms with Crippen LogP contribution in [0, 0.1) is 0 Å². The summed E-state index contributed by atoms with van der Waals surface area (Å²) in [6.45, 7) is 9.11. The predicted octanol–water partition coefficient (Wildman–Crippen LogP) is 5.28. The first-order valence-corrected chi connectivity index (χ1v) is 27.0. The van der Waals surface area contributed by atoms with Gasteiger partial charge in [-0.3, -0.25) is 0 Å². The SMILES string of the molecule is CC(C)(C)[NH][Zr]([CH3])([CH3])([CH3])([CH3])(=[SiH2])[CH]1C(Br)=Cc2ccccc21. The molecule has 1 aromatic carbocycles. The van der Waals surface area contributed by atoms with E-state index >= 15 is 0 Å². The molecule has 1 atom stereocenters. The summed E-state index contributed by atoms with van der Waals surface area (Å²) in [7, 11) is 0. The Morgan fingerprint density at radius 3 is 2.14 bits per heavy atom. The van der Waals surface area contributed by atoms with E-state index in [4.69, 9.17) is 0 Å². The maximum atomic E-state index is 4.17. The van der Waals surface area contributed by atoms with Gasteiger partial charge in [-0.15, -0.1) is 0 Å². The van der Waals surface area contributed by atoms with Crippen LogP contribution in [0.15, 0.2) is 28.7 Å². The Balaban J connectivity index is 2.81. The van der Waals surface area contributed by atoms with E-state index < -0.39 is 14.7 Å². The molecule has 0 radical (unpaired) electrons. The molecular formula is C17H30BrNSiZr. The van der Waals surface area contributed by atoms with Crippen molar-refractivity contribution in [1.82, 2.24) is 3.26 Å². The summed E-state index contributed by atoms with van der Waals surface area (Å²) in [5.74, 6) is 0. The first-order chi connectivity index (χ1) is 8.94. The Kier molecular flexibility index (Phi) is 3.20. The average Bonchev–Trinajstić information content (AvgIpc) is 2.47. The fourth-order valence-corrected chi connectivity index (χ4v) is 38.4. The van der Waals surface area contributed by atoms with Gasteiger partial charge in [-0.25, -0.2) is 0 Å². The number of halogens is 1. The Hall–Kier alpha value is 0.500. The van der Waals surface area contributed by atoms with Gasteiger partial charge in [0.1, 0.15) is 0 Å². The Bertz CT molecular complexity index is 756. The van der Waals surface area contributed by atoms with Crippen LogP contribution in [0.5, 0.6) is 0 Å². The van der Waals surface area contributed by atoms with E-state index in [0.29, 0.717) is 3.63 Å². The molecule has 1 nitrogen and oxygen atoms in total. The third-order valence-electron chi connectivity index (χ3n) is 4.41. The topological polar surface area (TPSA) is 12.0 Å². The van der Waals surface area contributed by atoms with Gasteiger partial charge in [0.15, 0.2) is 0 Å². The Morgan fingerprint density at radius 1 is 1.10 bits per heavy atom. The molecule has 0 spiro atoms. The number of fused-ring (bicyclic) bond motifs is 1. The van der Waals surface area contributed by atoms with Gasteiger partial charge < -0.3 is 0 Å². The molecule has 0 amide bonds. The molecule has 0 saturated heterocycles. The number of hydrogen-bond donors (Lipinski definition) is 1. The van der Waals surface area contributed by atoms with Crippen LogP contribution >= 0.6 is 15.9 Å². The van der Waals surface area contributed by atoms with Gasteiger partial charge >= 0.3 is 135 Å². The van der Waals surface area contributed by atoms with Crippen LogP contribution < -0.4 is 3.26 Å². The van der Waals surface area contributed by atoms with Crippen molar-refractivity contribution in [2.24, 2.45) is 0 Å². The van der Waals surface area contributed by atoms with Crippen LogP contribution in [0.25, 0.3) is 6.08 Å². The molecule has 4 heteroatoms. The minimum absolute atomic E-state index is 0.0846. The van der Waals surface area contributed by atoms with E-state index in [1.165, 1.54) is 15.6 Å². The normalized spacial score (nSPS) is 24.3. The summed E-state index contributed by atoms with van der Waals surface area (Å²) in [5.41, 5.74) is 2.91.